The number of aryl methyl sites for hydroxylation is 1. The summed E-state index contributed by atoms with van der Waals surface area (Å²) in [5.41, 5.74) is 1.13. The molecule has 2 aliphatic rings. The Bertz CT molecular complexity index is 615. The molecule has 7 heteroatoms. The van der Waals surface area contributed by atoms with Crippen LogP contribution < -0.4 is 10.2 Å². The molecule has 1 fully saturated rings. The predicted molar refractivity (Wildman–Crippen MR) is 82.4 cm³/mol. The lowest BCUT2D eigenvalue weighted by Crippen LogP contribution is -2.37. The zero-order chi connectivity index (χ0) is 14.8. The van der Waals surface area contributed by atoms with Crippen molar-refractivity contribution in [2.75, 3.05) is 18.0 Å². The van der Waals surface area contributed by atoms with Gasteiger partial charge in [-0.25, -0.2) is 19.6 Å². The second kappa shape index (κ2) is 6.00. The molecule has 2 aromatic rings. The molecule has 2 aromatic heterocycles. The molecule has 0 amide bonds. The van der Waals surface area contributed by atoms with Crippen LogP contribution in [0.2, 0.25) is 0 Å². The molecule has 7 nitrogen and oxygen atoms in total. The molecule has 0 spiro atoms. The van der Waals surface area contributed by atoms with Crippen molar-refractivity contribution in [2.24, 2.45) is 0 Å². The predicted octanol–water partition coefficient (Wildman–Crippen LogP) is 0.773. The largest absolute Gasteiger partial charge is 0.341 e. The van der Waals surface area contributed by atoms with Crippen molar-refractivity contribution < 1.29 is 0 Å². The lowest BCUT2D eigenvalue weighted by molar-refractivity contribution is 0.358. The van der Waals surface area contributed by atoms with Crippen molar-refractivity contribution in [2.45, 2.75) is 44.8 Å². The van der Waals surface area contributed by atoms with E-state index in [1.54, 1.807) is 6.33 Å². The zero-order valence-corrected chi connectivity index (χ0v) is 12.6. The average molecular weight is 299 g/mol. The lowest BCUT2D eigenvalue weighted by Gasteiger charge is -2.23. The molecule has 22 heavy (non-hydrogen) atoms. The Labute approximate surface area is 129 Å². The third kappa shape index (κ3) is 2.81. The minimum atomic E-state index is 0.437. The molecular weight excluding hydrogens is 278 g/mol. The van der Waals surface area contributed by atoms with E-state index in [-0.39, 0.29) is 0 Å². The Morgan fingerprint density at radius 3 is 2.77 bits per heavy atom. The highest BCUT2D eigenvalue weighted by molar-refractivity contribution is 5.30. The standard InChI is InChI=1S/C15H21N7/c1-2-6-21(5-1)15-17-8-12(9-18-15)7-16-13-3-4-14-19-11-20-22(14)10-13/h8-9,11,13,16H,1-7,10H2/t13-/m0/s1. The first-order valence-corrected chi connectivity index (χ1v) is 8.04. The van der Waals surface area contributed by atoms with E-state index in [1.165, 1.54) is 12.8 Å². The van der Waals surface area contributed by atoms with E-state index in [2.05, 4.69) is 30.3 Å². The molecule has 0 unspecified atom stereocenters. The summed E-state index contributed by atoms with van der Waals surface area (Å²) in [4.78, 5) is 15.5. The van der Waals surface area contributed by atoms with Crippen molar-refractivity contribution >= 4 is 5.95 Å². The first kappa shape index (κ1) is 13.6. The molecule has 4 heterocycles. The van der Waals surface area contributed by atoms with Crippen molar-refractivity contribution in [3.8, 4) is 0 Å². The second-order valence-corrected chi connectivity index (χ2v) is 6.06. The van der Waals surface area contributed by atoms with Gasteiger partial charge in [-0.1, -0.05) is 0 Å². The molecular formula is C15H21N7. The number of rotatable bonds is 4. The quantitative estimate of drug-likeness (QED) is 0.899. The summed E-state index contributed by atoms with van der Waals surface area (Å²) >= 11 is 0. The Balaban J connectivity index is 1.32. The highest BCUT2D eigenvalue weighted by Crippen LogP contribution is 2.15. The van der Waals surface area contributed by atoms with E-state index in [9.17, 15) is 0 Å². The molecule has 0 radical (unpaired) electrons. The van der Waals surface area contributed by atoms with E-state index in [0.29, 0.717) is 6.04 Å². The molecule has 0 aliphatic carbocycles. The summed E-state index contributed by atoms with van der Waals surface area (Å²) in [6.07, 6.45) is 10.1. The molecule has 1 N–H and O–H groups in total. The summed E-state index contributed by atoms with van der Waals surface area (Å²) < 4.78 is 1.99. The van der Waals surface area contributed by atoms with Gasteiger partial charge in [-0.15, -0.1) is 0 Å². The van der Waals surface area contributed by atoms with Crippen LogP contribution in [0.25, 0.3) is 0 Å². The van der Waals surface area contributed by atoms with Crippen LogP contribution in [-0.2, 0) is 19.5 Å². The molecule has 0 aromatic carbocycles. The first-order chi connectivity index (χ1) is 10.9. The molecule has 1 saturated heterocycles. The van der Waals surface area contributed by atoms with Gasteiger partial charge in [0.25, 0.3) is 0 Å². The number of fused-ring (bicyclic) bond motifs is 1. The lowest BCUT2D eigenvalue weighted by atomic mass is 10.1. The Kier molecular flexibility index (Phi) is 3.72. The van der Waals surface area contributed by atoms with Crippen LogP contribution in [0.4, 0.5) is 5.95 Å². The Hall–Kier alpha value is -2.02. The van der Waals surface area contributed by atoms with Crippen molar-refractivity contribution in [1.29, 1.82) is 0 Å². The second-order valence-electron chi connectivity index (χ2n) is 6.06. The normalized spacial score (nSPS) is 21.1. The average Bonchev–Trinajstić information content (AvgIpc) is 3.24. The van der Waals surface area contributed by atoms with Gasteiger partial charge in [0.05, 0.1) is 6.54 Å². The van der Waals surface area contributed by atoms with E-state index in [4.69, 9.17) is 0 Å². The van der Waals surface area contributed by atoms with Crippen LogP contribution in [-0.4, -0.2) is 43.9 Å². The minimum Gasteiger partial charge on any atom is -0.341 e. The van der Waals surface area contributed by atoms with Crippen LogP contribution in [0, 0.1) is 0 Å². The van der Waals surface area contributed by atoms with Gasteiger partial charge in [-0.05, 0) is 19.3 Å². The minimum absolute atomic E-state index is 0.437. The number of hydrogen-bond donors (Lipinski definition) is 1. The van der Waals surface area contributed by atoms with E-state index in [1.807, 2.05) is 17.1 Å². The third-order valence-corrected chi connectivity index (χ3v) is 4.48. The monoisotopic (exact) mass is 299 g/mol. The highest BCUT2D eigenvalue weighted by Gasteiger charge is 2.19. The van der Waals surface area contributed by atoms with Gasteiger partial charge in [0.15, 0.2) is 0 Å². The fraction of sp³-hybridized carbons (Fsp3) is 0.600. The number of aromatic nitrogens is 5. The maximum Gasteiger partial charge on any atom is 0.225 e. The van der Waals surface area contributed by atoms with Gasteiger partial charge in [-0.3, -0.25) is 0 Å². The summed E-state index contributed by atoms with van der Waals surface area (Å²) in [6, 6.07) is 0.437. The molecule has 0 bridgehead atoms. The third-order valence-electron chi connectivity index (χ3n) is 4.48. The van der Waals surface area contributed by atoms with Gasteiger partial charge < -0.3 is 10.2 Å². The highest BCUT2D eigenvalue weighted by atomic mass is 15.3. The van der Waals surface area contributed by atoms with Gasteiger partial charge in [0.2, 0.25) is 5.95 Å². The van der Waals surface area contributed by atoms with Crippen LogP contribution >= 0.6 is 0 Å². The number of anilines is 1. The van der Waals surface area contributed by atoms with E-state index in [0.717, 1.165) is 56.4 Å². The van der Waals surface area contributed by atoms with E-state index < -0.39 is 0 Å². The summed E-state index contributed by atoms with van der Waals surface area (Å²) in [6.45, 7) is 3.86. The van der Waals surface area contributed by atoms with Crippen LogP contribution in [0.15, 0.2) is 18.7 Å². The van der Waals surface area contributed by atoms with Crippen molar-refractivity contribution in [3.63, 3.8) is 0 Å². The smallest absolute Gasteiger partial charge is 0.225 e. The van der Waals surface area contributed by atoms with Crippen molar-refractivity contribution in [3.05, 3.63) is 30.1 Å². The van der Waals surface area contributed by atoms with E-state index >= 15 is 0 Å². The number of nitrogens with one attached hydrogen (secondary N) is 1. The SMILES string of the molecule is c1nc2n(n1)C[C@@H](NCc1cnc(N3CCCC3)nc1)CC2. The number of nitrogens with zero attached hydrogens (tertiary/aromatic N) is 6. The van der Waals surface area contributed by atoms with Crippen LogP contribution in [0.5, 0.6) is 0 Å². The maximum atomic E-state index is 4.50. The molecule has 1 atom stereocenters. The summed E-state index contributed by atoms with van der Waals surface area (Å²) in [5, 5.41) is 7.83. The Morgan fingerprint density at radius 1 is 1.14 bits per heavy atom. The van der Waals surface area contributed by atoms with Crippen molar-refractivity contribution in [1.82, 2.24) is 30.0 Å². The van der Waals surface area contributed by atoms with Gasteiger partial charge in [0.1, 0.15) is 12.2 Å². The molecule has 2 aliphatic heterocycles. The summed E-state index contributed by atoms with van der Waals surface area (Å²) in [7, 11) is 0. The summed E-state index contributed by atoms with van der Waals surface area (Å²) in [5.74, 6) is 1.96. The van der Waals surface area contributed by atoms with Crippen LogP contribution in [0.3, 0.4) is 0 Å². The Morgan fingerprint density at radius 2 is 1.95 bits per heavy atom. The number of hydrogen-bond acceptors (Lipinski definition) is 6. The van der Waals surface area contributed by atoms with Gasteiger partial charge >= 0.3 is 0 Å². The first-order valence-electron chi connectivity index (χ1n) is 8.04. The van der Waals surface area contributed by atoms with Crippen LogP contribution in [0.1, 0.15) is 30.7 Å². The fourth-order valence-corrected chi connectivity index (χ4v) is 3.19. The maximum absolute atomic E-state index is 4.50. The zero-order valence-electron chi connectivity index (χ0n) is 12.6. The fourth-order valence-electron chi connectivity index (χ4n) is 3.19. The van der Waals surface area contributed by atoms with Gasteiger partial charge in [0, 0.05) is 50.1 Å². The van der Waals surface area contributed by atoms with Gasteiger partial charge in [-0.2, -0.15) is 5.10 Å². The molecule has 116 valence electrons. The molecule has 0 saturated carbocycles. The topological polar surface area (TPSA) is 71.8 Å². The molecule has 4 rings (SSSR count).